The lowest BCUT2D eigenvalue weighted by atomic mass is 9.94. The summed E-state index contributed by atoms with van der Waals surface area (Å²) >= 11 is 0. The van der Waals surface area contributed by atoms with Gasteiger partial charge >= 0.3 is 0 Å². The number of carbonyl (C=O) groups is 2. The third kappa shape index (κ3) is 4.99. The number of carbonyl (C=O) groups excluding carboxylic acids is 2. The first kappa shape index (κ1) is 23.5. The molecule has 1 aliphatic heterocycles. The summed E-state index contributed by atoms with van der Waals surface area (Å²) in [5, 5.41) is 11.2. The average molecular weight is 438 g/mol. The van der Waals surface area contributed by atoms with Crippen molar-refractivity contribution in [1.82, 2.24) is 14.8 Å². The summed E-state index contributed by atoms with van der Waals surface area (Å²) in [4.78, 5) is 33.5. The number of ketones is 1. The molecule has 1 atom stereocenters. The van der Waals surface area contributed by atoms with Crippen LogP contribution in [0.2, 0.25) is 0 Å². The summed E-state index contributed by atoms with van der Waals surface area (Å²) in [6.45, 7) is 7.53. The van der Waals surface area contributed by atoms with Gasteiger partial charge in [-0.1, -0.05) is 13.8 Å². The molecule has 3 rings (SSSR count). The van der Waals surface area contributed by atoms with Gasteiger partial charge in [0.15, 0.2) is 0 Å². The van der Waals surface area contributed by atoms with Gasteiger partial charge in [0, 0.05) is 31.0 Å². The molecule has 7 nitrogen and oxygen atoms in total. The third-order valence-electron chi connectivity index (χ3n) is 5.39. The van der Waals surface area contributed by atoms with Gasteiger partial charge in [-0.05, 0) is 68.4 Å². The van der Waals surface area contributed by atoms with E-state index >= 15 is 0 Å². The van der Waals surface area contributed by atoms with E-state index < -0.39 is 17.7 Å². The van der Waals surface area contributed by atoms with Crippen LogP contribution < -0.4 is 4.74 Å². The molecule has 1 fully saturated rings. The Labute approximate surface area is 189 Å². The molecule has 0 aliphatic carbocycles. The Balaban J connectivity index is 2.06. The van der Waals surface area contributed by atoms with Gasteiger partial charge in [0.1, 0.15) is 11.5 Å². The van der Waals surface area contributed by atoms with Crippen LogP contribution in [-0.2, 0) is 9.59 Å². The number of benzene rings is 1. The van der Waals surface area contributed by atoms with Gasteiger partial charge in [0.05, 0.1) is 18.2 Å². The number of aryl methyl sites for hydroxylation is 1. The molecule has 32 heavy (non-hydrogen) atoms. The maximum atomic E-state index is 13.1. The summed E-state index contributed by atoms with van der Waals surface area (Å²) in [6.07, 6.45) is 3.24. The van der Waals surface area contributed by atoms with Gasteiger partial charge in [-0.3, -0.25) is 14.6 Å². The van der Waals surface area contributed by atoms with Gasteiger partial charge < -0.3 is 19.6 Å². The Morgan fingerprint density at radius 2 is 1.88 bits per heavy atom. The quantitative estimate of drug-likeness (QED) is 0.387. The molecule has 2 heterocycles. The van der Waals surface area contributed by atoms with E-state index in [9.17, 15) is 14.7 Å². The van der Waals surface area contributed by atoms with Crippen LogP contribution in [0.1, 0.15) is 36.6 Å². The Kier molecular flexibility index (Phi) is 7.30. The van der Waals surface area contributed by atoms with Gasteiger partial charge in [-0.2, -0.15) is 0 Å². The molecule has 0 radical (unpaired) electrons. The number of nitrogens with zero attached hydrogens (tertiary/aromatic N) is 3. The molecular formula is C25H31N3O4. The predicted octanol–water partition coefficient (Wildman–Crippen LogP) is 3.41. The highest BCUT2D eigenvalue weighted by Gasteiger charge is 2.46. The second-order valence-electron chi connectivity index (χ2n) is 8.76. The van der Waals surface area contributed by atoms with Crippen LogP contribution in [0.3, 0.4) is 0 Å². The SMILES string of the molecule is Cc1cc(OCC(C)C)ccc1C(O)=C1C(=O)C(=O)N(CCN(C)C)C1c1ccncc1. The van der Waals surface area contributed by atoms with E-state index in [2.05, 4.69) is 18.8 Å². The van der Waals surface area contributed by atoms with Crippen molar-refractivity contribution in [2.24, 2.45) is 5.92 Å². The fourth-order valence-electron chi connectivity index (χ4n) is 3.71. The highest BCUT2D eigenvalue weighted by atomic mass is 16.5. The minimum absolute atomic E-state index is 0.0962. The summed E-state index contributed by atoms with van der Waals surface area (Å²) < 4.78 is 5.77. The molecule has 2 aromatic rings. The van der Waals surface area contributed by atoms with Crippen LogP contribution in [0.5, 0.6) is 5.75 Å². The minimum Gasteiger partial charge on any atom is -0.507 e. The number of hydrogen-bond donors (Lipinski definition) is 1. The zero-order valence-electron chi connectivity index (χ0n) is 19.3. The zero-order chi connectivity index (χ0) is 23.4. The lowest BCUT2D eigenvalue weighted by Gasteiger charge is -2.26. The van der Waals surface area contributed by atoms with Crippen LogP contribution >= 0.6 is 0 Å². The van der Waals surface area contributed by atoms with Crippen molar-refractivity contribution in [3.8, 4) is 5.75 Å². The van der Waals surface area contributed by atoms with E-state index in [0.717, 1.165) is 11.1 Å². The predicted molar refractivity (Wildman–Crippen MR) is 123 cm³/mol. The Morgan fingerprint density at radius 3 is 2.47 bits per heavy atom. The van der Waals surface area contributed by atoms with E-state index in [1.807, 2.05) is 32.0 Å². The number of ether oxygens (including phenoxy) is 1. The first-order chi connectivity index (χ1) is 15.2. The van der Waals surface area contributed by atoms with Gasteiger partial charge in [0.2, 0.25) is 0 Å². The van der Waals surface area contributed by atoms with E-state index in [1.165, 1.54) is 4.90 Å². The lowest BCUT2D eigenvalue weighted by molar-refractivity contribution is -0.140. The van der Waals surface area contributed by atoms with E-state index in [-0.39, 0.29) is 11.3 Å². The monoisotopic (exact) mass is 437 g/mol. The molecule has 7 heteroatoms. The second-order valence-corrected chi connectivity index (χ2v) is 8.76. The van der Waals surface area contributed by atoms with Gasteiger partial charge in [-0.25, -0.2) is 0 Å². The fourth-order valence-corrected chi connectivity index (χ4v) is 3.71. The van der Waals surface area contributed by atoms with E-state index in [0.29, 0.717) is 36.9 Å². The number of rotatable bonds is 8. The van der Waals surface area contributed by atoms with Crippen molar-refractivity contribution in [3.63, 3.8) is 0 Å². The number of amides is 1. The van der Waals surface area contributed by atoms with E-state index in [4.69, 9.17) is 4.74 Å². The molecule has 0 saturated carbocycles. The molecule has 170 valence electrons. The summed E-state index contributed by atoms with van der Waals surface area (Å²) in [7, 11) is 3.81. The first-order valence-corrected chi connectivity index (χ1v) is 10.8. The topological polar surface area (TPSA) is 83.0 Å². The zero-order valence-corrected chi connectivity index (χ0v) is 19.3. The maximum absolute atomic E-state index is 13.1. The number of aromatic nitrogens is 1. The number of pyridine rings is 1. The average Bonchev–Trinajstić information content (AvgIpc) is 3.01. The molecule has 1 amide bonds. The second kappa shape index (κ2) is 9.96. The molecule has 1 unspecified atom stereocenters. The molecule has 1 aliphatic rings. The smallest absolute Gasteiger partial charge is 0.295 e. The number of hydrogen-bond acceptors (Lipinski definition) is 6. The molecule has 0 spiro atoms. The molecule has 0 bridgehead atoms. The Bertz CT molecular complexity index is 1020. The summed E-state index contributed by atoms with van der Waals surface area (Å²) in [5.41, 5.74) is 2.09. The van der Waals surface area contributed by atoms with Gasteiger partial charge in [-0.15, -0.1) is 0 Å². The fraction of sp³-hybridized carbons (Fsp3) is 0.400. The van der Waals surface area contributed by atoms with Crippen LogP contribution in [0.25, 0.3) is 5.76 Å². The van der Waals surface area contributed by atoms with Crippen LogP contribution in [0.4, 0.5) is 0 Å². The number of Topliss-reactive ketones (excluding diaryl/α,β-unsaturated/α-hetero) is 1. The summed E-state index contributed by atoms with van der Waals surface area (Å²) in [5.74, 6) is -0.371. The van der Waals surface area contributed by atoms with Crippen molar-refractivity contribution < 1.29 is 19.4 Å². The minimum atomic E-state index is -0.678. The van der Waals surface area contributed by atoms with Crippen molar-refractivity contribution in [2.45, 2.75) is 26.8 Å². The standard InChI is InChI=1S/C25H31N3O4/c1-16(2)15-32-19-6-7-20(17(3)14-19)23(29)21-22(18-8-10-26-11-9-18)28(13-12-27(4)5)25(31)24(21)30/h6-11,14,16,22,29H,12-13,15H2,1-5H3. The normalized spacial score (nSPS) is 18.1. The summed E-state index contributed by atoms with van der Waals surface area (Å²) in [6, 6.07) is 8.20. The Hall–Kier alpha value is -3.19. The highest BCUT2D eigenvalue weighted by Crippen LogP contribution is 2.39. The number of aliphatic hydroxyl groups is 1. The van der Waals surface area contributed by atoms with Crippen molar-refractivity contribution >= 4 is 17.4 Å². The third-order valence-corrected chi connectivity index (χ3v) is 5.39. The molecule has 1 saturated heterocycles. The van der Waals surface area contributed by atoms with Crippen molar-refractivity contribution in [3.05, 3.63) is 65.0 Å². The first-order valence-electron chi connectivity index (χ1n) is 10.8. The largest absolute Gasteiger partial charge is 0.507 e. The number of aliphatic hydroxyl groups excluding tert-OH is 1. The van der Waals surface area contributed by atoms with E-state index in [1.54, 1.807) is 36.7 Å². The van der Waals surface area contributed by atoms with Crippen LogP contribution in [0, 0.1) is 12.8 Å². The maximum Gasteiger partial charge on any atom is 0.295 e. The molecular weight excluding hydrogens is 406 g/mol. The van der Waals surface area contributed by atoms with Gasteiger partial charge in [0.25, 0.3) is 11.7 Å². The van der Waals surface area contributed by atoms with Crippen molar-refractivity contribution in [1.29, 1.82) is 0 Å². The van der Waals surface area contributed by atoms with Crippen LogP contribution in [-0.4, -0.2) is 65.4 Å². The molecule has 1 aromatic carbocycles. The molecule has 1 aromatic heterocycles. The molecule has 1 N–H and O–H groups in total. The number of likely N-dealkylation sites (tertiary alicyclic amines) is 1. The lowest BCUT2D eigenvalue weighted by Crippen LogP contribution is -2.35. The number of likely N-dealkylation sites (N-methyl/N-ethyl adjacent to an activating group) is 1. The highest BCUT2D eigenvalue weighted by molar-refractivity contribution is 6.46. The Morgan fingerprint density at radius 1 is 1.19 bits per heavy atom. The van der Waals surface area contributed by atoms with Crippen LogP contribution in [0.15, 0.2) is 48.3 Å². The van der Waals surface area contributed by atoms with Crippen molar-refractivity contribution in [2.75, 3.05) is 33.8 Å².